The van der Waals surface area contributed by atoms with Gasteiger partial charge in [0.2, 0.25) is 0 Å². The van der Waals surface area contributed by atoms with Crippen molar-refractivity contribution in [3.8, 4) is 11.1 Å². The summed E-state index contributed by atoms with van der Waals surface area (Å²) in [5.41, 5.74) is 6.83. The molecule has 4 bridgehead atoms. The van der Waals surface area contributed by atoms with Gasteiger partial charge in [-0.2, -0.15) is 0 Å². The van der Waals surface area contributed by atoms with Crippen molar-refractivity contribution in [3.05, 3.63) is 131 Å². The van der Waals surface area contributed by atoms with Crippen LogP contribution in [0.3, 0.4) is 0 Å². The Kier molecular flexibility index (Phi) is 11.2. The number of amides is 2. The number of hydrogen-bond acceptors (Lipinski definition) is 6. The summed E-state index contributed by atoms with van der Waals surface area (Å²) in [6, 6.07) is 34.3. The molecule has 0 unspecified atom stereocenters. The molecule has 6 atom stereocenters. The molecule has 0 spiro atoms. The zero-order chi connectivity index (χ0) is 38.1. The van der Waals surface area contributed by atoms with E-state index in [0.29, 0.717) is 13.1 Å². The number of benzene rings is 4. The van der Waals surface area contributed by atoms with Crippen molar-refractivity contribution in [2.24, 2.45) is 23.7 Å². The molecule has 1 saturated heterocycles. The molecule has 5 fully saturated rings. The zero-order valence-electron chi connectivity index (χ0n) is 32.4. The summed E-state index contributed by atoms with van der Waals surface area (Å²) in [4.78, 5) is 15.4. The summed E-state index contributed by atoms with van der Waals surface area (Å²) in [5.74, 6) is 2.36. The highest BCUT2D eigenvalue weighted by Gasteiger charge is 2.51. The Morgan fingerprint density at radius 3 is 2.15 bits per heavy atom. The van der Waals surface area contributed by atoms with Gasteiger partial charge in [-0.05, 0) is 116 Å². The third kappa shape index (κ3) is 8.40. The maximum absolute atomic E-state index is 13.2. The number of aliphatic hydroxyl groups excluding tert-OH is 2. The maximum atomic E-state index is 13.2. The lowest BCUT2D eigenvalue weighted by molar-refractivity contribution is -0.276. The molecule has 1 aliphatic heterocycles. The largest absolute Gasteiger partial charge is 0.392 e. The first kappa shape index (κ1) is 37.9. The van der Waals surface area contributed by atoms with Gasteiger partial charge < -0.3 is 30.3 Å². The molecular formula is C47H57N3O5. The van der Waals surface area contributed by atoms with Crippen molar-refractivity contribution in [2.75, 3.05) is 13.6 Å². The average Bonchev–Trinajstić information content (AvgIpc) is 3.20. The van der Waals surface area contributed by atoms with Crippen molar-refractivity contribution >= 4 is 6.03 Å². The van der Waals surface area contributed by atoms with Gasteiger partial charge in [0.25, 0.3) is 0 Å². The van der Waals surface area contributed by atoms with Crippen LogP contribution in [0.1, 0.15) is 98.7 Å². The predicted octanol–water partition coefficient (Wildman–Crippen LogP) is 8.46. The number of likely N-dealkylation sites (N-methyl/N-ethyl adjacent to an activating group) is 1. The van der Waals surface area contributed by atoms with E-state index in [0.717, 1.165) is 76.0 Å². The minimum Gasteiger partial charge on any atom is -0.392 e. The number of hydrogen-bond donors (Lipinski definition) is 4. The lowest BCUT2D eigenvalue weighted by Crippen LogP contribution is -2.61. The minimum atomic E-state index is -0.641. The van der Waals surface area contributed by atoms with Crippen molar-refractivity contribution in [1.82, 2.24) is 15.5 Å². The second-order valence-electron chi connectivity index (χ2n) is 17.2. The summed E-state index contributed by atoms with van der Waals surface area (Å²) >= 11 is 0. The second-order valence-corrected chi connectivity index (χ2v) is 17.2. The van der Waals surface area contributed by atoms with Crippen molar-refractivity contribution in [1.29, 1.82) is 0 Å². The van der Waals surface area contributed by atoms with E-state index in [1.165, 1.54) is 19.3 Å². The Labute approximate surface area is 326 Å². The number of ether oxygens (including phenoxy) is 2. The standard InChI is InChI=1S/C47H57N3O5/c1-30-42(28-50(3)31(2)43(52)37-10-5-4-6-11-37)54-45(55-44(30)38-17-15-32(29-51)16-18-38)41-14-8-13-40(23-41)39-12-7-9-33(22-39)27-48-46(53)49-47-24-34-19-35(25-47)21-36(20-34)26-47/h4-18,22-23,30-31,34-36,42-45,51-52H,19-21,24-29H2,1-3H3,(H2,48,49,53)/t30-,31+,34?,35?,36?,42+,43+,44+,45+,47?/m1/s1. The van der Waals surface area contributed by atoms with Gasteiger partial charge in [-0.15, -0.1) is 0 Å². The van der Waals surface area contributed by atoms with Gasteiger partial charge in [0.1, 0.15) is 0 Å². The van der Waals surface area contributed by atoms with Gasteiger partial charge in [0.15, 0.2) is 6.29 Å². The third-order valence-electron chi connectivity index (χ3n) is 13.2. The SMILES string of the molecule is C[C@@H]1[C@H](CN(C)[C@@H](C)[C@H](O)c2ccccc2)O[C@H](c2cccc(-c3cccc(CNC(=O)NC45CC6CC(CC(C6)C4)C5)c3)c2)O[C@@H]1c1ccc(CO)cc1. The highest BCUT2D eigenvalue weighted by atomic mass is 16.7. The minimum absolute atomic E-state index is 0.00672. The van der Waals surface area contributed by atoms with Crippen LogP contribution in [0.15, 0.2) is 103 Å². The Morgan fingerprint density at radius 2 is 1.47 bits per heavy atom. The van der Waals surface area contributed by atoms with Crippen molar-refractivity contribution < 1.29 is 24.5 Å². The lowest BCUT2D eigenvalue weighted by Gasteiger charge is -2.56. The van der Waals surface area contributed by atoms with Crippen LogP contribution in [0, 0.1) is 23.7 Å². The first-order valence-corrected chi connectivity index (χ1v) is 20.3. The van der Waals surface area contributed by atoms with E-state index in [-0.39, 0.29) is 42.3 Å². The monoisotopic (exact) mass is 743 g/mol. The highest BCUT2D eigenvalue weighted by molar-refractivity contribution is 5.75. The molecule has 2 amide bonds. The van der Waals surface area contributed by atoms with Crippen LogP contribution < -0.4 is 10.6 Å². The van der Waals surface area contributed by atoms with Crippen LogP contribution in [-0.2, 0) is 22.6 Å². The maximum Gasteiger partial charge on any atom is 0.315 e. The van der Waals surface area contributed by atoms with Crippen LogP contribution in [0.5, 0.6) is 0 Å². The van der Waals surface area contributed by atoms with Crippen LogP contribution in [0.4, 0.5) is 4.79 Å². The molecule has 4 aliphatic carbocycles. The molecule has 4 N–H and O–H groups in total. The smallest absolute Gasteiger partial charge is 0.315 e. The number of rotatable bonds is 12. The molecule has 8 heteroatoms. The fourth-order valence-electron chi connectivity index (χ4n) is 10.4. The first-order valence-electron chi connectivity index (χ1n) is 20.3. The van der Waals surface area contributed by atoms with Crippen LogP contribution in [-0.4, -0.2) is 52.4 Å². The van der Waals surface area contributed by atoms with Gasteiger partial charge in [-0.1, -0.05) is 97.9 Å². The van der Waals surface area contributed by atoms with Crippen LogP contribution >= 0.6 is 0 Å². The molecule has 55 heavy (non-hydrogen) atoms. The van der Waals surface area contributed by atoms with E-state index in [1.807, 2.05) is 80.7 Å². The molecule has 0 radical (unpaired) electrons. The molecular weight excluding hydrogens is 687 g/mol. The molecule has 5 aliphatic rings. The van der Waals surface area contributed by atoms with E-state index in [1.54, 1.807) is 0 Å². The average molecular weight is 744 g/mol. The van der Waals surface area contributed by atoms with Crippen molar-refractivity contribution in [3.63, 3.8) is 0 Å². The van der Waals surface area contributed by atoms with Gasteiger partial charge in [-0.3, -0.25) is 4.90 Å². The summed E-state index contributed by atoms with van der Waals surface area (Å²) < 4.78 is 13.6. The van der Waals surface area contributed by atoms with Gasteiger partial charge >= 0.3 is 6.03 Å². The van der Waals surface area contributed by atoms with Crippen LogP contribution in [0.2, 0.25) is 0 Å². The highest BCUT2D eigenvalue weighted by Crippen LogP contribution is 2.55. The molecule has 4 saturated carbocycles. The zero-order valence-corrected chi connectivity index (χ0v) is 32.4. The van der Waals surface area contributed by atoms with Gasteiger partial charge in [0, 0.05) is 36.2 Å². The Bertz CT molecular complexity index is 1880. The fraction of sp³-hybridized carbons (Fsp3) is 0.468. The Hall–Kier alpha value is -4.05. The molecule has 9 rings (SSSR count). The van der Waals surface area contributed by atoms with E-state index in [2.05, 4.69) is 58.9 Å². The summed E-state index contributed by atoms with van der Waals surface area (Å²) in [6.07, 6.45) is 5.76. The first-order chi connectivity index (χ1) is 26.6. The predicted molar refractivity (Wildman–Crippen MR) is 215 cm³/mol. The van der Waals surface area contributed by atoms with E-state index in [4.69, 9.17) is 9.47 Å². The Morgan fingerprint density at radius 1 is 0.818 bits per heavy atom. The lowest BCUT2D eigenvalue weighted by atomic mass is 9.53. The molecule has 4 aromatic carbocycles. The quantitative estimate of drug-likeness (QED) is 0.116. The summed E-state index contributed by atoms with van der Waals surface area (Å²) in [6.45, 7) is 5.26. The van der Waals surface area contributed by atoms with E-state index >= 15 is 0 Å². The number of urea groups is 1. The molecule has 4 aromatic rings. The topological polar surface area (TPSA) is 103 Å². The normalized spacial score (nSPS) is 29.5. The third-order valence-corrected chi connectivity index (χ3v) is 13.2. The second kappa shape index (κ2) is 16.2. The number of nitrogens with zero attached hydrogens (tertiary/aromatic N) is 1. The Balaban J connectivity index is 0.972. The molecule has 8 nitrogen and oxygen atoms in total. The number of aliphatic hydroxyl groups is 2. The van der Waals surface area contributed by atoms with Gasteiger partial charge in [0.05, 0.1) is 24.9 Å². The van der Waals surface area contributed by atoms with Crippen LogP contribution in [0.25, 0.3) is 11.1 Å². The summed E-state index contributed by atoms with van der Waals surface area (Å²) in [5, 5.41) is 27.5. The molecule has 290 valence electrons. The fourth-order valence-corrected chi connectivity index (χ4v) is 10.4. The number of carbonyl (C=O) groups is 1. The van der Waals surface area contributed by atoms with E-state index in [9.17, 15) is 15.0 Å². The van der Waals surface area contributed by atoms with E-state index < -0.39 is 12.4 Å². The molecule has 1 heterocycles. The molecule has 0 aromatic heterocycles. The number of carbonyl (C=O) groups excluding carboxylic acids is 1. The van der Waals surface area contributed by atoms with Crippen molar-refractivity contribution in [2.45, 2.75) is 102 Å². The summed E-state index contributed by atoms with van der Waals surface area (Å²) in [7, 11) is 2.04. The number of nitrogens with one attached hydrogen (secondary N) is 2. The van der Waals surface area contributed by atoms with Gasteiger partial charge in [-0.25, -0.2) is 4.79 Å².